The first-order chi connectivity index (χ1) is 8.75. The Bertz CT molecular complexity index is 334. The van der Waals surface area contributed by atoms with Crippen LogP contribution in [0.15, 0.2) is 30.3 Å². The van der Waals surface area contributed by atoms with Gasteiger partial charge in [-0.3, -0.25) is 4.79 Å². The number of carbonyl (C=O) groups is 1. The third-order valence-electron chi connectivity index (χ3n) is 3.28. The van der Waals surface area contributed by atoms with Crippen LogP contribution in [0.25, 0.3) is 0 Å². The van der Waals surface area contributed by atoms with Gasteiger partial charge in [-0.1, -0.05) is 69.4 Å². The van der Waals surface area contributed by atoms with Crippen LogP contribution in [-0.4, -0.2) is 5.78 Å². The minimum atomic E-state index is -0.443. The van der Waals surface area contributed by atoms with Gasteiger partial charge in [0.05, 0.1) is 6.04 Å². The van der Waals surface area contributed by atoms with Crippen LogP contribution >= 0.6 is 0 Å². The highest BCUT2D eigenvalue weighted by atomic mass is 16.1. The van der Waals surface area contributed by atoms with Crippen molar-refractivity contribution in [2.45, 2.75) is 57.9 Å². The highest BCUT2D eigenvalue weighted by molar-refractivity contribution is 5.84. The van der Waals surface area contributed by atoms with E-state index in [0.717, 1.165) is 18.4 Å². The van der Waals surface area contributed by atoms with E-state index in [2.05, 4.69) is 6.92 Å². The second-order valence-electron chi connectivity index (χ2n) is 4.87. The number of nitrogens with two attached hydrogens (primary N) is 1. The maximum Gasteiger partial charge on any atom is 0.154 e. The van der Waals surface area contributed by atoms with Crippen molar-refractivity contribution in [3.05, 3.63) is 35.9 Å². The standard InChI is InChI=1S/C16H25NO/c1-2-3-4-5-6-10-13-15(18)16(17)14-11-8-7-9-12-14/h7-9,11-12,16H,2-6,10,13,17H2,1H3/t16-/m0/s1. The second-order valence-corrected chi connectivity index (χ2v) is 4.87. The lowest BCUT2D eigenvalue weighted by atomic mass is 9.99. The molecule has 2 nitrogen and oxygen atoms in total. The number of hydrogen-bond donors (Lipinski definition) is 1. The zero-order chi connectivity index (χ0) is 13.2. The van der Waals surface area contributed by atoms with Gasteiger partial charge in [-0.2, -0.15) is 0 Å². The molecule has 0 fully saturated rings. The fourth-order valence-corrected chi connectivity index (χ4v) is 2.08. The van der Waals surface area contributed by atoms with E-state index in [0.29, 0.717) is 6.42 Å². The van der Waals surface area contributed by atoms with Crippen molar-refractivity contribution in [3.8, 4) is 0 Å². The molecule has 100 valence electrons. The largest absolute Gasteiger partial charge is 0.318 e. The average molecular weight is 247 g/mol. The molecule has 0 saturated heterocycles. The highest BCUT2D eigenvalue weighted by Gasteiger charge is 2.14. The summed E-state index contributed by atoms with van der Waals surface area (Å²) >= 11 is 0. The Morgan fingerprint density at radius 3 is 2.33 bits per heavy atom. The summed E-state index contributed by atoms with van der Waals surface area (Å²) in [5.41, 5.74) is 6.88. The fourth-order valence-electron chi connectivity index (χ4n) is 2.08. The van der Waals surface area contributed by atoms with Gasteiger partial charge < -0.3 is 5.73 Å². The Kier molecular flexibility index (Phi) is 7.35. The molecule has 0 spiro atoms. The maximum absolute atomic E-state index is 11.9. The molecule has 0 aromatic heterocycles. The maximum atomic E-state index is 11.9. The van der Waals surface area contributed by atoms with E-state index in [1.54, 1.807) is 0 Å². The van der Waals surface area contributed by atoms with Gasteiger partial charge in [0.25, 0.3) is 0 Å². The van der Waals surface area contributed by atoms with Gasteiger partial charge in [-0.15, -0.1) is 0 Å². The molecule has 2 heteroatoms. The van der Waals surface area contributed by atoms with Crippen molar-refractivity contribution < 1.29 is 4.79 Å². The zero-order valence-electron chi connectivity index (χ0n) is 11.4. The molecule has 1 atom stereocenters. The fraction of sp³-hybridized carbons (Fsp3) is 0.562. The second kappa shape index (κ2) is 8.87. The lowest BCUT2D eigenvalue weighted by molar-refractivity contribution is -0.120. The molecule has 0 aliphatic rings. The third kappa shape index (κ3) is 5.46. The summed E-state index contributed by atoms with van der Waals surface area (Å²) in [6.45, 7) is 2.21. The van der Waals surface area contributed by atoms with Crippen LogP contribution in [0.2, 0.25) is 0 Å². The van der Waals surface area contributed by atoms with Crippen molar-refractivity contribution in [2.75, 3.05) is 0 Å². The first-order valence-corrected chi connectivity index (χ1v) is 7.09. The number of rotatable bonds is 9. The van der Waals surface area contributed by atoms with Crippen molar-refractivity contribution in [2.24, 2.45) is 5.73 Å². The Balaban J connectivity index is 2.20. The molecular weight excluding hydrogens is 222 g/mol. The summed E-state index contributed by atoms with van der Waals surface area (Å²) in [5, 5.41) is 0. The van der Waals surface area contributed by atoms with Crippen LogP contribution in [0.3, 0.4) is 0 Å². The van der Waals surface area contributed by atoms with Gasteiger partial charge >= 0.3 is 0 Å². The van der Waals surface area contributed by atoms with Gasteiger partial charge in [0.2, 0.25) is 0 Å². The van der Waals surface area contributed by atoms with Crippen LogP contribution in [0.4, 0.5) is 0 Å². The predicted octanol–water partition coefficient (Wildman–Crippen LogP) is 4.01. The number of carbonyl (C=O) groups excluding carboxylic acids is 1. The molecule has 0 radical (unpaired) electrons. The summed E-state index contributed by atoms with van der Waals surface area (Å²) in [6.07, 6.45) is 7.82. The zero-order valence-corrected chi connectivity index (χ0v) is 11.4. The van der Waals surface area contributed by atoms with Crippen molar-refractivity contribution >= 4 is 5.78 Å². The molecular formula is C16H25NO. The third-order valence-corrected chi connectivity index (χ3v) is 3.28. The predicted molar refractivity (Wildman–Crippen MR) is 76.4 cm³/mol. The van der Waals surface area contributed by atoms with Gasteiger partial charge in [-0.05, 0) is 12.0 Å². The van der Waals surface area contributed by atoms with E-state index in [1.807, 2.05) is 30.3 Å². The SMILES string of the molecule is CCCCCCCCC(=O)[C@@H](N)c1ccccc1. The number of benzene rings is 1. The van der Waals surface area contributed by atoms with Crippen molar-refractivity contribution in [1.82, 2.24) is 0 Å². The molecule has 0 amide bonds. The summed E-state index contributed by atoms with van der Waals surface area (Å²) in [7, 11) is 0. The molecule has 0 aliphatic carbocycles. The lowest BCUT2D eigenvalue weighted by Crippen LogP contribution is -2.21. The van der Waals surface area contributed by atoms with E-state index in [9.17, 15) is 4.79 Å². The van der Waals surface area contributed by atoms with Crippen LogP contribution in [-0.2, 0) is 4.79 Å². The topological polar surface area (TPSA) is 43.1 Å². The summed E-state index contributed by atoms with van der Waals surface area (Å²) < 4.78 is 0. The molecule has 0 bridgehead atoms. The molecule has 1 rings (SSSR count). The Morgan fingerprint density at radius 2 is 1.67 bits per heavy atom. The van der Waals surface area contributed by atoms with E-state index >= 15 is 0 Å². The Hall–Kier alpha value is -1.15. The Morgan fingerprint density at radius 1 is 1.06 bits per heavy atom. The summed E-state index contributed by atoms with van der Waals surface area (Å²) in [6, 6.07) is 9.18. The lowest BCUT2D eigenvalue weighted by Gasteiger charge is -2.10. The van der Waals surface area contributed by atoms with Gasteiger partial charge in [0.15, 0.2) is 5.78 Å². The smallest absolute Gasteiger partial charge is 0.154 e. The van der Waals surface area contributed by atoms with E-state index in [1.165, 1.54) is 25.7 Å². The van der Waals surface area contributed by atoms with Gasteiger partial charge in [-0.25, -0.2) is 0 Å². The van der Waals surface area contributed by atoms with Gasteiger partial charge in [0, 0.05) is 6.42 Å². The van der Waals surface area contributed by atoms with Crippen LogP contribution in [0.1, 0.15) is 63.5 Å². The molecule has 2 N–H and O–H groups in total. The molecule has 0 aliphatic heterocycles. The quantitative estimate of drug-likeness (QED) is 0.670. The molecule has 0 saturated carbocycles. The highest BCUT2D eigenvalue weighted by Crippen LogP contribution is 2.15. The molecule has 1 aromatic rings. The van der Waals surface area contributed by atoms with Crippen molar-refractivity contribution in [3.63, 3.8) is 0 Å². The van der Waals surface area contributed by atoms with Crippen molar-refractivity contribution in [1.29, 1.82) is 0 Å². The number of hydrogen-bond acceptors (Lipinski definition) is 2. The summed E-state index contributed by atoms with van der Waals surface area (Å²) in [4.78, 5) is 11.9. The normalized spacial score (nSPS) is 12.3. The van der Waals surface area contributed by atoms with E-state index in [-0.39, 0.29) is 5.78 Å². The van der Waals surface area contributed by atoms with Crippen LogP contribution < -0.4 is 5.73 Å². The minimum absolute atomic E-state index is 0.164. The minimum Gasteiger partial charge on any atom is -0.318 e. The number of Topliss-reactive ketones (excluding diaryl/α,β-unsaturated/α-hetero) is 1. The van der Waals surface area contributed by atoms with Crippen LogP contribution in [0.5, 0.6) is 0 Å². The van der Waals surface area contributed by atoms with Gasteiger partial charge in [0.1, 0.15) is 0 Å². The molecule has 1 aromatic carbocycles. The van der Waals surface area contributed by atoms with Crippen LogP contribution in [0, 0.1) is 0 Å². The molecule has 18 heavy (non-hydrogen) atoms. The van der Waals surface area contributed by atoms with E-state index < -0.39 is 6.04 Å². The Labute approximate surface area is 111 Å². The number of ketones is 1. The molecule has 0 unspecified atom stereocenters. The number of unbranched alkanes of at least 4 members (excludes halogenated alkanes) is 5. The first kappa shape index (κ1) is 14.9. The summed E-state index contributed by atoms with van der Waals surface area (Å²) in [5.74, 6) is 0.164. The monoisotopic (exact) mass is 247 g/mol. The molecule has 0 heterocycles. The average Bonchev–Trinajstić information content (AvgIpc) is 2.42. The van der Waals surface area contributed by atoms with E-state index in [4.69, 9.17) is 5.73 Å². The first-order valence-electron chi connectivity index (χ1n) is 7.09.